The third kappa shape index (κ3) is 2.07. The molecule has 3 unspecified atom stereocenters. The van der Waals surface area contributed by atoms with Gasteiger partial charge in [0.15, 0.2) is 4.60 Å². The van der Waals surface area contributed by atoms with Crippen LogP contribution in [0.2, 0.25) is 0 Å². The lowest BCUT2D eigenvalue weighted by atomic mass is 10.1. The standard InChI is InChI=1S/C9H14BrN3O2/c1-5-3-4-6(15-5)8(14)7-9(10)11-12-13(7)2/h5-6,8,14H,3-4H2,1-2H3. The summed E-state index contributed by atoms with van der Waals surface area (Å²) in [7, 11) is 1.76. The van der Waals surface area contributed by atoms with Crippen molar-refractivity contribution >= 4 is 15.9 Å². The van der Waals surface area contributed by atoms with Gasteiger partial charge in [0, 0.05) is 7.05 Å². The van der Waals surface area contributed by atoms with Crippen LogP contribution in [0.1, 0.15) is 31.6 Å². The zero-order chi connectivity index (χ0) is 11.0. The molecule has 1 aliphatic heterocycles. The number of aliphatic hydroxyl groups excluding tert-OH is 1. The average Bonchev–Trinajstić information content (AvgIpc) is 2.73. The molecule has 0 spiro atoms. The maximum absolute atomic E-state index is 10.1. The van der Waals surface area contributed by atoms with E-state index in [4.69, 9.17) is 4.74 Å². The van der Waals surface area contributed by atoms with Gasteiger partial charge in [-0.25, -0.2) is 4.68 Å². The van der Waals surface area contributed by atoms with Crippen LogP contribution in [0.3, 0.4) is 0 Å². The van der Waals surface area contributed by atoms with E-state index in [0.717, 1.165) is 12.8 Å². The minimum absolute atomic E-state index is 0.145. The Morgan fingerprint density at radius 2 is 2.33 bits per heavy atom. The Kier molecular flexibility index (Phi) is 3.08. The van der Waals surface area contributed by atoms with Crippen LogP contribution in [-0.2, 0) is 11.8 Å². The van der Waals surface area contributed by atoms with Crippen molar-refractivity contribution in [2.75, 3.05) is 0 Å². The maximum Gasteiger partial charge on any atom is 0.154 e. The van der Waals surface area contributed by atoms with E-state index in [1.807, 2.05) is 6.92 Å². The average molecular weight is 276 g/mol. The monoisotopic (exact) mass is 275 g/mol. The molecule has 1 aliphatic rings. The SMILES string of the molecule is CC1CCC(C(O)c2c(Br)nnn2C)O1. The Morgan fingerprint density at radius 3 is 2.80 bits per heavy atom. The molecule has 2 rings (SSSR count). The normalized spacial score (nSPS) is 28.3. The van der Waals surface area contributed by atoms with Gasteiger partial charge in [0.2, 0.25) is 0 Å². The van der Waals surface area contributed by atoms with Gasteiger partial charge in [0.1, 0.15) is 11.8 Å². The Labute approximate surface area is 96.6 Å². The van der Waals surface area contributed by atoms with E-state index < -0.39 is 6.10 Å². The lowest BCUT2D eigenvalue weighted by Crippen LogP contribution is -2.21. The van der Waals surface area contributed by atoms with E-state index in [-0.39, 0.29) is 12.2 Å². The Balaban J connectivity index is 2.17. The van der Waals surface area contributed by atoms with Crippen molar-refractivity contribution in [2.24, 2.45) is 7.05 Å². The zero-order valence-electron chi connectivity index (χ0n) is 8.72. The van der Waals surface area contributed by atoms with Crippen LogP contribution in [0, 0.1) is 0 Å². The lowest BCUT2D eigenvalue weighted by molar-refractivity contribution is -0.0331. The Morgan fingerprint density at radius 1 is 1.60 bits per heavy atom. The highest BCUT2D eigenvalue weighted by atomic mass is 79.9. The number of aliphatic hydroxyl groups is 1. The highest BCUT2D eigenvalue weighted by molar-refractivity contribution is 9.10. The summed E-state index contributed by atoms with van der Waals surface area (Å²) in [6.07, 6.45) is 1.28. The molecule has 0 radical (unpaired) electrons. The summed E-state index contributed by atoms with van der Waals surface area (Å²) in [4.78, 5) is 0. The fourth-order valence-electron chi connectivity index (χ4n) is 1.89. The Bertz CT molecular complexity index is 336. The largest absolute Gasteiger partial charge is 0.384 e. The first-order chi connectivity index (χ1) is 7.09. The number of halogens is 1. The molecule has 1 aromatic heterocycles. The van der Waals surface area contributed by atoms with Gasteiger partial charge in [-0.05, 0) is 35.7 Å². The molecule has 0 aromatic carbocycles. The third-order valence-electron chi connectivity index (χ3n) is 2.72. The summed E-state index contributed by atoms with van der Waals surface area (Å²) in [5, 5.41) is 17.8. The number of hydrogen-bond donors (Lipinski definition) is 1. The van der Waals surface area contributed by atoms with Crippen molar-refractivity contribution in [3.8, 4) is 0 Å². The van der Waals surface area contributed by atoms with Crippen molar-refractivity contribution < 1.29 is 9.84 Å². The van der Waals surface area contributed by atoms with E-state index in [9.17, 15) is 5.11 Å². The van der Waals surface area contributed by atoms with Crippen LogP contribution in [0.4, 0.5) is 0 Å². The molecule has 1 fully saturated rings. The van der Waals surface area contributed by atoms with Crippen LogP contribution in [-0.4, -0.2) is 32.3 Å². The topological polar surface area (TPSA) is 60.2 Å². The zero-order valence-corrected chi connectivity index (χ0v) is 10.3. The Hall–Kier alpha value is -0.460. The van der Waals surface area contributed by atoms with Crippen LogP contribution >= 0.6 is 15.9 Å². The molecular weight excluding hydrogens is 262 g/mol. The van der Waals surface area contributed by atoms with Crippen molar-refractivity contribution in [3.63, 3.8) is 0 Å². The summed E-state index contributed by atoms with van der Waals surface area (Å²) in [6, 6.07) is 0. The predicted molar refractivity (Wildman–Crippen MR) is 57.2 cm³/mol. The summed E-state index contributed by atoms with van der Waals surface area (Å²) in [5.74, 6) is 0. The molecular formula is C9H14BrN3O2. The van der Waals surface area contributed by atoms with Crippen molar-refractivity contribution in [2.45, 2.75) is 38.1 Å². The highest BCUT2D eigenvalue weighted by Gasteiger charge is 2.32. The van der Waals surface area contributed by atoms with Crippen molar-refractivity contribution in [1.29, 1.82) is 0 Å². The second-order valence-corrected chi connectivity index (χ2v) is 4.65. The molecule has 0 saturated carbocycles. The summed E-state index contributed by atoms with van der Waals surface area (Å²) in [5.41, 5.74) is 0.675. The summed E-state index contributed by atoms with van der Waals surface area (Å²) in [6.45, 7) is 2.02. The van der Waals surface area contributed by atoms with Crippen molar-refractivity contribution in [1.82, 2.24) is 15.0 Å². The molecule has 1 N–H and O–H groups in total. The number of rotatable bonds is 2. The second kappa shape index (κ2) is 4.19. The van der Waals surface area contributed by atoms with Crippen molar-refractivity contribution in [3.05, 3.63) is 10.3 Å². The van der Waals surface area contributed by atoms with E-state index in [1.54, 1.807) is 11.7 Å². The van der Waals surface area contributed by atoms with Gasteiger partial charge >= 0.3 is 0 Å². The van der Waals surface area contributed by atoms with Gasteiger partial charge in [-0.3, -0.25) is 0 Å². The molecule has 2 heterocycles. The smallest absolute Gasteiger partial charge is 0.154 e. The minimum Gasteiger partial charge on any atom is -0.384 e. The lowest BCUT2D eigenvalue weighted by Gasteiger charge is -2.18. The number of nitrogens with zero attached hydrogens (tertiary/aromatic N) is 3. The van der Waals surface area contributed by atoms with Gasteiger partial charge in [-0.2, -0.15) is 0 Å². The van der Waals surface area contributed by atoms with E-state index in [1.165, 1.54) is 0 Å². The molecule has 6 heteroatoms. The third-order valence-corrected chi connectivity index (χ3v) is 3.29. The molecule has 1 aromatic rings. The molecule has 1 saturated heterocycles. The maximum atomic E-state index is 10.1. The fraction of sp³-hybridized carbons (Fsp3) is 0.778. The second-order valence-electron chi connectivity index (χ2n) is 3.90. The van der Waals surface area contributed by atoms with Crippen LogP contribution in [0.15, 0.2) is 4.60 Å². The first-order valence-corrected chi connectivity index (χ1v) is 5.77. The molecule has 0 aliphatic carbocycles. The predicted octanol–water partition coefficient (Wildman–Crippen LogP) is 1.18. The van der Waals surface area contributed by atoms with E-state index in [0.29, 0.717) is 10.3 Å². The molecule has 3 atom stereocenters. The number of aromatic nitrogens is 3. The first-order valence-electron chi connectivity index (χ1n) is 4.98. The fourth-order valence-corrected chi connectivity index (χ4v) is 2.46. The van der Waals surface area contributed by atoms with E-state index in [2.05, 4.69) is 26.2 Å². The molecule has 84 valence electrons. The number of ether oxygens (including phenoxy) is 1. The molecule has 5 nitrogen and oxygen atoms in total. The van der Waals surface area contributed by atoms with Crippen LogP contribution in [0.25, 0.3) is 0 Å². The van der Waals surface area contributed by atoms with Gasteiger partial charge in [-0.1, -0.05) is 5.21 Å². The van der Waals surface area contributed by atoms with Crippen LogP contribution < -0.4 is 0 Å². The van der Waals surface area contributed by atoms with Gasteiger partial charge in [-0.15, -0.1) is 5.10 Å². The van der Waals surface area contributed by atoms with E-state index >= 15 is 0 Å². The first kappa shape index (κ1) is 11.0. The molecule has 0 amide bonds. The minimum atomic E-state index is -0.663. The number of aryl methyl sites for hydroxylation is 1. The highest BCUT2D eigenvalue weighted by Crippen LogP contribution is 2.32. The molecule has 0 bridgehead atoms. The summed E-state index contributed by atoms with van der Waals surface area (Å²) >= 11 is 3.27. The quantitative estimate of drug-likeness (QED) is 0.881. The van der Waals surface area contributed by atoms with Gasteiger partial charge in [0.25, 0.3) is 0 Å². The van der Waals surface area contributed by atoms with Crippen LogP contribution in [0.5, 0.6) is 0 Å². The van der Waals surface area contributed by atoms with Gasteiger partial charge < -0.3 is 9.84 Å². The number of hydrogen-bond acceptors (Lipinski definition) is 4. The summed E-state index contributed by atoms with van der Waals surface area (Å²) < 4.78 is 7.77. The van der Waals surface area contributed by atoms with Gasteiger partial charge in [0.05, 0.1) is 12.2 Å². The molecule has 15 heavy (non-hydrogen) atoms.